The first-order valence-corrected chi connectivity index (χ1v) is 23.2. The number of hydrogen-bond donors (Lipinski definition) is 2. The molecule has 0 unspecified atom stereocenters. The van der Waals surface area contributed by atoms with Crippen LogP contribution in [0.4, 0.5) is 17.6 Å². The molecule has 0 aliphatic carbocycles. The number of carboxylic acids is 1. The molecule has 4 aliphatic heterocycles. The minimum absolute atomic E-state index is 0.000576. The van der Waals surface area contributed by atoms with Gasteiger partial charge in [-0.2, -0.15) is 0 Å². The van der Waals surface area contributed by atoms with Gasteiger partial charge in [0.1, 0.15) is 34.5 Å². The third-order valence-electron chi connectivity index (χ3n) is 13.6. The molecular formula is C56H52F4N2O7. The summed E-state index contributed by atoms with van der Waals surface area (Å²) in [6, 6.07) is 39.5. The van der Waals surface area contributed by atoms with Crippen molar-refractivity contribution >= 4 is 23.8 Å². The predicted octanol–water partition coefficient (Wildman–Crippen LogP) is 11.0. The van der Waals surface area contributed by atoms with Crippen LogP contribution in [0.15, 0.2) is 146 Å². The van der Waals surface area contributed by atoms with Crippen LogP contribution in [0, 0.1) is 23.3 Å². The van der Waals surface area contributed by atoms with Gasteiger partial charge in [0, 0.05) is 74.6 Å². The van der Waals surface area contributed by atoms with Gasteiger partial charge in [-0.25, -0.2) is 27.2 Å². The number of fused-ring (bicyclic) bond motifs is 4. The molecule has 6 aromatic carbocycles. The Labute approximate surface area is 398 Å². The zero-order chi connectivity index (χ0) is 48.5. The number of rotatable bonds is 10. The fraction of sp³-hybridized carbons (Fsp3) is 0.286. The topological polar surface area (TPSA) is 122 Å². The number of carboxylic acid groups (broad SMARTS) is 1. The van der Waals surface area contributed by atoms with Crippen molar-refractivity contribution in [2.45, 2.75) is 74.4 Å². The van der Waals surface area contributed by atoms with Gasteiger partial charge in [0.05, 0.1) is 11.1 Å². The zero-order valence-corrected chi connectivity index (χ0v) is 37.9. The maximum Gasteiger partial charge on any atom is 0.339 e. The van der Waals surface area contributed by atoms with Gasteiger partial charge in [0.15, 0.2) is 0 Å². The lowest BCUT2D eigenvalue weighted by Crippen LogP contribution is -2.45. The number of aliphatic carboxylic acids is 1. The standard InChI is InChI=1S/C28H25F2NO3.C16H14F2O2.C12H13NO2/c29-21-9-5-19(6-10-21)23(20-7-11-22(30)12-8-20)13-14-26(32)31-17-15-28(16-18-31)25-4-2-1-3-24(25)27(33)34-28;17-13-5-1-11(2-6-13)15(9-10-16(19)20)12-3-7-14(18)8-4-12;14-11-9-3-1-2-4-10(9)12(15-11)5-7-13-8-6-12/h1-12,23H,13-18H2;1-8,15H,9-10H2,(H,19,20);1-4,13H,5-8H2. The molecule has 13 heteroatoms. The average Bonchev–Trinajstić information content (AvgIpc) is 3.79. The van der Waals surface area contributed by atoms with Gasteiger partial charge < -0.3 is 24.8 Å². The quantitative estimate of drug-likeness (QED) is 0.103. The van der Waals surface area contributed by atoms with Crippen LogP contribution < -0.4 is 5.32 Å². The van der Waals surface area contributed by atoms with E-state index in [1.54, 1.807) is 54.6 Å². The van der Waals surface area contributed by atoms with Gasteiger partial charge >= 0.3 is 17.9 Å². The molecule has 0 aromatic heterocycles. The highest BCUT2D eigenvalue weighted by atomic mass is 19.1. The highest BCUT2D eigenvalue weighted by molar-refractivity contribution is 5.95. The smallest absolute Gasteiger partial charge is 0.339 e. The van der Waals surface area contributed by atoms with Crippen molar-refractivity contribution in [3.8, 4) is 0 Å². The highest BCUT2D eigenvalue weighted by Crippen LogP contribution is 2.45. The summed E-state index contributed by atoms with van der Waals surface area (Å²) in [7, 11) is 0. The molecular weight excluding hydrogens is 889 g/mol. The van der Waals surface area contributed by atoms with E-state index in [4.69, 9.17) is 14.6 Å². The van der Waals surface area contributed by atoms with Gasteiger partial charge in [0.2, 0.25) is 5.91 Å². The number of piperidine rings is 2. The lowest BCUT2D eigenvalue weighted by molar-refractivity contribution is -0.137. The van der Waals surface area contributed by atoms with E-state index in [1.807, 2.05) is 47.4 Å². The first-order chi connectivity index (χ1) is 33.3. The number of nitrogens with one attached hydrogen (secondary N) is 1. The second-order valence-corrected chi connectivity index (χ2v) is 17.8. The van der Waals surface area contributed by atoms with Crippen molar-refractivity contribution in [2.24, 2.45) is 0 Å². The van der Waals surface area contributed by atoms with Crippen LogP contribution in [0.25, 0.3) is 0 Å². The van der Waals surface area contributed by atoms with Gasteiger partial charge in [-0.1, -0.05) is 84.9 Å². The van der Waals surface area contributed by atoms with Crippen LogP contribution in [-0.2, 0) is 30.3 Å². The monoisotopic (exact) mass is 940 g/mol. The minimum Gasteiger partial charge on any atom is -0.481 e. The molecule has 356 valence electrons. The van der Waals surface area contributed by atoms with Crippen LogP contribution in [0.5, 0.6) is 0 Å². The van der Waals surface area contributed by atoms with E-state index in [2.05, 4.69) is 5.32 Å². The number of amides is 1. The molecule has 2 N–H and O–H groups in total. The summed E-state index contributed by atoms with van der Waals surface area (Å²) >= 11 is 0. The number of carbonyl (C=O) groups is 4. The van der Waals surface area contributed by atoms with Gasteiger partial charge in [-0.3, -0.25) is 9.59 Å². The van der Waals surface area contributed by atoms with Crippen LogP contribution in [0.3, 0.4) is 0 Å². The fourth-order valence-electron chi connectivity index (χ4n) is 9.91. The lowest BCUT2D eigenvalue weighted by Gasteiger charge is -2.38. The van der Waals surface area contributed by atoms with Crippen molar-refractivity contribution in [2.75, 3.05) is 26.2 Å². The largest absolute Gasteiger partial charge is 0.481 e. The normalized spacial score (nSPS) is 16.2. The molecule has 0 radical (unpaired) electrons. The molecule has 2 fully saturated rings. The summed E-state index contributed by atoms with van der Waals surface area (Å²) in [4.78, 5) is 49.7. The van der Waals surface area contributed by atoms with Crippen LogP contribution in [0.2, 0.25) is 0 Å². The summed E-state index contributed by atoms with van der Waals surface area (Å²) in [5, 5.41) is 12.1. The lowest BCUT2D eigenvalue weighted by atomic mass is 9.83. The second kappa shape index (κ2) is 21.5. The Morgan fingerprint density at radius 3 is 1.25 bits per heavy atom. The van der Waals surface area contributed by atoms with Crippen LogP contribution in [-0.4, -0.2) is 60.0 Å². The number of halogens is 4. The van der Waals surface area contributed by atoms with E-state index in [-0.39, 0.29) is 65.0 Å². The molecule has 69 heavy (non-hydrogen) atoms. The second-order valence-electron chi connectivity index (χ2n) is 17.8. The van der Waals surface area contributed by atoms with Crippen molar-refractivity contribution in [1.82, 2.24) is 10.2 Å². The Bertz CT molecular complexity index is 2660. The number of likely N-dealkylation sites (tertiary alicyclic amines) is 1. The molecule has 0 bridgehead atoms. The Kier molecular flexibility index (Phi) is 15.0. The molecule has 10 rings (SSSR count). The first-order valence-electron chi connectivity index (χ1n) is 23.2. The summed E-state index contributed by atoms with van der Waals surface area (Å²) in [5.74, 6) is -2.99. The summed E-state index contributed by atoms with van der Waals surface area (Å²) in [5.41, 5.74) is 5.78. The molecule has 2 spiro atoms. The molecule has 4 aliphatic rings. The molecule has 6 aromatic rings. The zero-order valence-electron chi connectivity index (χ0n) is 37.9. The Morgan fingerprint density at radius 2 is 0.870 bits per heavy atom. The number of nitrogens with zero attached hydrogens (tertiary/aromatic N) is 1. The number of carbonyl (C=O) groups excluding carboxylic acids is 3. The molecule has 2 saturated heterocycles. The Morgan fingerprint density at radius 1 is 0.522 bits per heavy atom. The van der Waals surface area contributed by atoms with Gasteiger partial charge in [0.25, 0.3) is 0 Å². The molecule has 4 heterocycles. The SMILES string of the molecule is O=C(O)CCC(c1ccc(F)cc1)c1ccc(F)cc1.O=C1OC2(CCN(C(=O)CCC(c3ccc(F)cc3)c3ccc(F)cc3)CC2)c2ccccc21.O=C1OC2(CCNCC2)c2ccccc21. The summed E-state index contributed by atoms with van der Waals surface area (Å²) in [6.07, 6.45) is 4.12. The number of esters is 2. The van der Waals surface area contributed by atoms with Gasteiger partial charge in [-0.05, 0) is 109 Å². The van der Waals surface area contributed by atoms with E-state index in [9.17, 15) is 36.7 Å². The fourth-order valence-corrected chi connectivity index (χ4v) is 9.91. The summed E-state index contributed by atoms with van der Waals surface area (Å²) in [6.45, 7) is 2.86. The van der Waals surface area contributed by atoms with E-state index in [0.29, 0.717) is 50.8 Å². The number of ether oxygens (including phenoxy) is 2. The predicted molar refractivity (Wildman–Crippen MR) is 250 cm³/mol. The first kappa shape index (κ1) is 48.3. The molecule has 1 amide bonds. The molecule has 0 atom stereocenters. The Hall–Kier alpha value is -7.12. The average molecular weight is 941 g/mol. The van der Waals surface area contributed by atoms with Gasteiger partial charge in [-0.15, -0.1) is 0 Å². The summed E-state index contributed by atoms with van der Waals surface area (Å²) < 4.78 is 64.2. The third-order valence-corrected chi connectivity index (χ3v) is 13.6. The van der Waals surface area contributed by atoms with E-state index in [0.717, 1.165) is 64.9 Å². The third kappa shape index (κ3) is 11.3. The van der Waals surface area contributed by atoms with Crippen molar-refractivity contribution in [3.05, 3.63) is 213 Å². The Balaban J connectivity index is 0.000000154. The van der Waals surface area contributed by atoms with Crippen molar-refractivity contribution in [1.29, 1.82) is 0 Å². The number of hydrogen-bond acceptors (Lipinski definition) is 7. The minimum atomic E-state index is -0.890. The maximum atomic E-state index is 13.5. The van der Waals surface area contributed by atoms with E-state index < -0.39 is 11.6 Å². The van der Waals surface area contributed by atoms with Crippen molar-refractivity contribution in [3.63, 3.8) is 0 Å². The maximum absolute atomic E-state index is 13.5. The highest BCUT2D eigenvalue weighted by Gasteiger charge is 2.48. The molecule has 9 nitrogen and oxygen atoms in total. The molecule has 0 saturated carbocycles. The van der Waals surface area contributed by atoms with Crippen LogP contribution >= 0.6 is 0 Å². The van der Waals surface area contributed by atoms with Crippen molar-refractivity contribution < 1.29 is 51.3 Å². The number of benzene rings is 6. The van der Waals surface area contributed by atoms with E-state index >= 15 is 0 Å². The van der Waals surface area contributed by atoms with Crippen LogP contribution in [0.1, 0.15) is 117 Å². The van der Waals surface area contributed by atoms with E-state index in [1.165, 1.54) is 48.5 Å².